The van der Waals surface area contributed by atoms with Crippen molar-refractivity contribution in [3.63, 3.8) is 0 Å². The number of aryl methyl sites for hydroxylation is 1. The molecule has 4 heteroatoms. The monoisotopic (exact) mass is 266 g/mol. The van der Waals surface area contributed by atoms with Crippen molar-refractivity contribution < 1.29 is 9.84 Å². The summed E-state index contributed by atoms with van der Waals surface area (Å²) in [4.78, 5) is 0. The third-order valence-corrected chi connectivity index (χ3v) is 3.55. The van der Waals surface area contributed by atoms with Gasteiger partial charge in [-0.25, -0.2) is 0 Å². The van der Waals surface area contributed by atoms with Crippen molar-refractivity contribution >= 4 is 0 Å². The number of aliphatic hydroxyl groups is 1. The molecule has 1 unspecified atom stereocenters. The van der Waals surface area contributed by atoms with Crippen LogP contribution < -0.4 is 15.8 Å². The first-order valence-electron chi connectivity index (χ1n) is 6.72. The molecule has 19 heavy (non-hydrogen) atoms. The fraction of sp³-hybridized carbons (Fsp3) is 0.600. The molecule has 0 saturated carbocycles. The number of nitrogens with two attached hydrogens (primary N) is 1. The zero-order valence-corrected chi connectivity index (χ0v) is 12.4. The summed E-state index contributed by atoms with van der Waals surface area (Å²) in [7, 11) is 1.71. The summed E-state index contributed by atoms with van der Waals surface area (Å²) in [6.07, 6.45) is 0.954. The minimum Gasteiger partial charge on any atom is -0.496 e. The first kappa shape index (κ1) is 16.0. The van der Waals surface area contributed by atoms with Crippen molar-refractivity contribution in [3.05, 3.63) is 28.3 Å². The van der Waals surface area contributed by atoms with Gasteiger partial charge in [0.2, 0.25) is 0 Å². The van der Waals surface area contributed by atoms with Crippen LogP contribution >= 0.6 is 0 Å². The number of methoxy groups -OCH3 is 1. The van der Waals surface area contributed by atoms with Crippen molar-refractivity contribution in [2.75, 3.05) is 26.8 Å². The molecule has 108 valence electrons. The third-order valence-electron chi connectivity index (χ3n) is 3.55. The predicted octanol–water partition coefficient (Wildman–Crippen LogP) is 1.07. The molecule has 0 amide bonds. The summed E-state index contributed by atoms with van der Waals surface area (Å²) in [5.41, 5.74) is 10.6. The average molecular weight is 266 g/mol. The Bertz CT molecular complexity index is 419. The Morgan fingerprint density at radius 1 is 1.32 bits per heavy atom. The van der Waals surface area contributed by atoms with Crippen molar-refractivity contribution in [1.82, 2.24) is 5.32 Å². The van der Waals surface area contributed by atoms with Gasteiger partial charge < -0.3 is 20.9 Å². The summed E-state index contributed by atoms with van der Waals surface area (Å²) in [5, 5.41) is 12.1. The van der Waals surface area contributed by atoms with E-state index in [4.69, 9.17) is 15.6 Å². The lowest BCUT2D eigenvalue weighted by atomic mass is 9.96. The normalized spacial score (nSPS) is 12.5. The maximum Gasteiger partial charge on any atom is 0.124 e. The molecule has 1 aromatic rings. The molecule has 0 radical (unpaired) electrons. The fourth-order valence-electron chi connectivity index (χ4n) is 2.29. The van der Waals surface area contributed by atoms with E-state index in [1.54, 1.807) is 7.11 Å². The molecule has 0 heterocycles. The van der Waals surface area contributed by atoms with Crippen LogP contribution in [0.15, 0.2) is 6.07 Å². The van der Waals surface area contributed by atoms with Gasteiger partial charge in [0, 0.05) is 12.6 Å². The fourth-order valence-corrected chi connectivity index (χ4v) is 2.29. The van der Waals surface area contributed by atoms with E-state index in [9.17, 15) is 0 Å². The number of hydrogen-bond donors (Lipinski definition) is 3. The van der Waals surface area contributed by atoms with E-state index in [-0.39, 0.29) is 12.6 Å². The number of ether oxygens (including phenoxy) is 1. The van der Waals surface area contributed by atoms with Crippen molar-refractivity contribution in [3.8, 4) is 5.75 Å². The zero-order chi connectivity index (χ0) is 14.4. The molecule has 4 N–H and O–H groups in total. The Morgan fingerprint density at radius 2 is 2.00 bits per heavy atom. The lowest BCUT2D eigenvalue weighted by molar-refractivity contribution is 0.262. The van der Waals surface area contributed by atoms with Crippen LogP contribution in [-0.4, -0.2) is 38.0 Å². The van der Waals surface area contributed by atoms with Crippen LogP contribution in [-0.2, 0) is 6.42 Å². The SMILES string of the molecule is COc1c(C)cc(CCNCC(N)CO)c(C)c1C. The van der Waals surface area contributed by atoms with E-state index in [1.165, 1.54) is 22.3 Å². The van der Waals surface area contributed by atoms with Gasteiger partial charge in [-0.15, -0.1) is 0 Å². The van der Waals surface area contributed by atoms with Gasteiger partial charge in [0.1, 0.15) is 5.75 Å². The predicted molar refractivity (Wildman–Crippen MR) is 78.8 cm³/mol. The maximum atomic E-state index is 8.85. The van der Waals surface area contributed by atoms with E-state index in [1.807, 2.05) is 0 Å². The third kappa shape index (κ3) is 4.20. The van der Waals surface area contributed by atoms with Crippen LogP contribution in [0.2, 0.25) is 0 Å². The van der Waals surface area contributed by atoms with E-state index in [2.05, 4.69) is 32.2 Å². The molecule has 1 rings (SSSR count). The van der Waals surface area contributed by atoms with Crippen molar-refractivity contribution in [1.29, 1.82) is 0 Å². The maximum absolute atomic E-state index is 8.85. The van der Waals surface area contributed by atoms with E-state index >= 15 is 0 Å². The average Bonchev–Trinajstić information content (AvgIpc) is 2.40. The van der Waals surface area contributed by atoms with Gasteiger partial charge in [-0.2, -0.15) is 0 Å². The molecule has 0 bridgehead atoms. The van der Waals surface area contributed by atoms with Gasteiger partial charge >= 0.3 is 0 Å². The van der Waals surface area contributed by atoms with Crippen LogP contribution in [0.3, 0.4) is 0 Å². The Balaban J connectivity index is 2.64. The van der Waals surface area contributed by atoms with Crippen molar-refractivity contribution in [2.24, 2.45) is 5.73 Å². The lowest BCUT2D eigenvalue weighted by Crippen LogP contribution is -2.37. The number of benzene rings is 1. The Hall–Kier alpha value is -1.10. The summed E-state index contributed by atoms with van der Waals surface area (Å²) in [6, 6.07) is 2.01. The van der Waals surface area contributed by atoms with Crippen LogP contribution in [0.1, 0.15) is 22.3 Å². The Morgan fingerprint density at radius 3 is 2.58 bits per heavy atom. The van der Waals surface area contributed by atoms with Gasteiger partial charge in [0.15, 0.2) is 0 Å². The standard InChI is InChI=1S/C15H26N2O2/c1-10-7-13(5-6-17-8-14(16)9-18)11(2)12(3)15(10)19-4/h7,14,17-18H,5-6,8-9,16H2,1-4H3. The molecular formula is C15H26N2O2. The quantitative estimate of drug-likeness (QED) is 0.646. The van der Waals surface area contributed by atoms with Crippen LogP contribution in [0.4, 0.5) is 0 Å². The van der Waals surface area contributed by atoms with Crippen LogP contribution in [0, 0.1) is 20.8 Å². The highest BCUT2D eigenvalue weighted by Gasteiger charge is 2.10. The largest absolute Gasteiger partial charge is 0.496 e. The molecule has 4 nitrogen and oxygen atoms in total. The molecule has 0 saturated heterocycles. The summed E-state index contributed by atoms with van der Waals surface area (Å²) >= 11 is 0. The smallest absolute Gasteiger partial charge is 0.124 e. The second-order valence-electron chi connectivity index (χ2n) is 5.03. The van der Waals surface area contributed by atoms with Crippen LogP contribution in [0.25, 0.3) is 0 Å². The molecule has 0 aliphatic carbocycles. The van der Waals surface area contributed by atoms with Gasteiger partial charge in [0.25, 0.3) is 0 Å². The van der Waals surface area contributed by atoms with E-state index in [0.29, 0.717) is 6.54 Å². The molecule has 0 aromatic heterocycles. The molecule has 1 atom stereocenters. The van der Waals surface area contributed by atoms with Crippen LogP contribution in [0.5, 0.6) is 5.75 Å². The van der Waals surface area contributed by atoms with E-state index in [0.717, 1.165) is 18.7 Å². The van der Waals surface area contributed by atoms with Gasteiger partial charge in [0.05, 0.1) is 13.7 Å². The van der Waals surface area contributed by atoms with Crippen molar-refractivity contribution in [2.45, 2.75) is 33.2 Å². The minimum absolute atomic E-state index is 0.0206. The number of rotatable bonds is 7. The van der Waals surface area contributed by atoms with Gasteiger partial charge in [-0.3, -0.25) is 0 Å². The number of aliphatic hydroxyl groups excluding tert-OH is 1. The summed E-state index contributed by atoms with van der Waals surface area (Å²) in [6.45, 7) is 7.83. The zero-order valence-electron chi connectivity index (χ0n) is 12.4. The van der Waals surface area contributed by atoms with Gasteiger partial charge in [-0.05, 0) is 56.0 Å². The molecular weight excluding hydrogens is 240 g/mol. The Labute approximate surface area is 116 Å². The summed E-state index contributed by atoms with van der Waals surface area (Å²) < 4.78 is 5.42. The first-order valence-corrected chi connectivity index (χ1v) is 6.72. The molecule has 0 fully saturated rings. The number of hydrogen-bond acceptors (Lipinski definition) is 4. The lowest BCUT2D eigenvalue weighted by Gasteiger charge is -2.16. The van der Waals surface area contributed by atoms with E-state index < -0.39 is 0 Å². The highest BCUT2D eigenvalue weighted by atomic mass is 16.5. The highest BCUT2D eigenvalue weighted by Crippen LogP contribution is 2.28. The molecule has 1 aromatic carbocycles. The van der Waals surface area contributed by atoms with Gasteiger partial charge in [-0.1, -0.05) is 6.07 Å². The molecule has 0 aliphatic heterocycles. The summed E-state index contributed by atoms with van der Waals surface area (Å²) in [5.74, 6) is 0.983. The molecule has 0 aliphatic rings. The Kier molecular flexibility index (Phi) is 6.28. The topological polar surface area (TPSA) is 67.5 Å². The first-order chi connectivity index (χ1) is 9.01. The minimum atomic E-state index is -0.180. The number of nitrogens with one attached hydrogen (secondary N) is 1. The highest BCUT2D eigenvalue weighted by molar-refractivity contribution is 5.49. The second kappa shape index (κ2) is 7.48. The second-order valence-corrected chi connectivity index (χ2v) is 5.03. The molecule has 0 spiro atoms.